The molecule has 0 fully saturated rings. The lowest BCUT2D eigenvalue weighted by Gasteiger charge is -2.23. The Bertz CT molecular complexity index is 1120. The molecular formula is C19H31NO9PS2+. The summed E-state index contributed by atoms with van der Waals surface area (Å²) in [5.41, 5.74) is 2.40. The lowest BCUT2D eigenvalue weighted by molar-refractivity contribution is -0.439. The fourth-order valence-corrected chi connectivity index (χ4v) is 6.12. The normalized spacial score (nSPS) is 20.9. The predicted octanol–water partition coefficient (Wildman–Crippen LogP) is 2.60. The third kappa shape index (κ3) is 7.72. The van der Waals surface area contributed by atoms with Crippen LogP contribution in [0, 0.1) is 0 Å². The first-order valence-corrected chi connectivity index (χ1v) is 15.2. The number of fused-ring (bicyclic) bond motifs is 1. The zero-order chi connectivity index (χ0) is 24.2. The fourth-order valence-electron chi connectivity index (χ4n) is 3.90. The fraction of sp³-hybridized carbons (Fsp3) is 0.632. The first-order valence-electron chi connectivity index (χ1n) is 10.2. The molecule has 0 saturated heterocycles. The SMILES string of the molecule is CC1=[N+](CCCCCS(=O)(=O)O)c2ccccc2C1(C)CCP(=O)(O)OCCS(=O)(=O)O. The van der Waals surface area contributed by atoms with Crippen molar-refractivity contribution in [2.45, 2.75) is 44.9 Å². The van der Waals surface area contributed by atoms with Crippen molar-refractivity contribution in [3.63, 3.8) is 0 Å². The van der Waals surface area contributed by atoms with Crippen molar-refractivity contribution in [3.05, 3.63) is 29.8 Å². The minimum atomic E-state index is -4.28. The molecule has 2 rings (SSSR count). The molecule has 0 spiro atoms. The summed E-state index contributed by atoms with van der Waals surface area (Å²) in [6.07, 6.45) is 1.78. The van der Waals surface area contributed by atoms with Crippen LogP contribution in [0.4, 0.5) is 5.69 Å². The van der Waals surface area contributed by atoms with Crippen LogP contribution in [0.15, 0.2) is 24.3 Å². The van der Waals surface area contributed by atoms with E-state index in [9.17, 15) is 26.3 Å². The van der Waals surface area contributed by atoms with Crippen LogP contribution in [0.3, 0.4) is 0 Å². The molecule has 3 N–H and O–H groups in total. The summed E-state index contributed by atoms with van der Waals surface area (Å²) in [4.78, 5) is 10.1. The Balaban J connectivity index is 2.09. The van der Waals surface area contributed by atoms with Crippen molar-refractivity contribution in [2.75, 3.05) is 30.8 Å². The molecule has 0 bridgehead atoms. The lowest BCUT2D eigenvalue weighted by atomic mass is 9.78. The van der Waals surface area contributed by atoms with Gasteiger partial charge in [-0.1, -0.05) is 18.2 Å². The number of unbranched alkanes of at least 4 members (excludes halogenated alkanes) is 2. The number of hydrogen-bond acceptors (Lipinski definition) is 6. The molecule has 2 atom stereocenters. The maximum absolute atomic E-state index is 12.4. The van der Waals surface area contributed by atoms with Gasteiger partial charge in [0, 0.05) is 25.0 Å². The molecule has 1 aromatic carbocycles. The minimum absolute atomic E-state index is 0.192. The quantitative estimate of drug-likeness (QED) is 0.156. The second-order valence-electron chi connectivity index (χ2n) is 8.16. The van der Waals surface area contributed by atoms with Crippen molar-refractivity contribution in [1.29, 1.82) is 0 Å². The molecule has 0 aliphatic carbocycles. The van der Waals surface area contributed by atoms with E-state index in [0.29, 0.717) is 25.8 Å². The second-order valence-corrected chi connectivity index (χ2v) is 13.3. The summed E-state index contributed by atoms with van der Waals surface area (Å²) < 4.78 is 80.2. The molecule has 2 unspecified atom stereocenters. The number of benzene rings is 1. The van der Waals surface area contributed by atoms with Gasteiger partial charge in [-0.25, -0.2) is 0 Å². The van der Waals surface area contributed by atoms with Crippen molar-refractivity contribution in [3.8, 4) is 0 Å². The second kappa shape index (κ2) is 10.4. The maximum atomic E-state index is 12.4. The third-order valence-corrected chi connectivity index (χ3v) is 8.67. The van der Waals surface area contributed by atoms with Gasteiger partial charge in [0.15, 0.2) is 5.71 Å². The summed E-state index contributed by atoms with van der Waals surface area (Å²) in [6, 6.07) is 7.71. The summed E-state index contributed by atoms with van der Waals surface area (Å²) >= 11 is 0. The van der Waals surface area contributed by atoms with Gasteiger partial charge in [0.1, 0.15) is 6.54 Å². The molecule has 13 heteroatoms. The highest BCUT2D eigenvalue weighted by atomic mass is 32.2. The molecule has 0 aromatic heterocycles. The van der Waals surface area contributed by atoms with Gasteiger partial charge in [-0.15, -0.1) is 0 Å². The van der Waals surface area contributed by atoms with Gasteiger partial charge in [0.2, 0.25) is 5.69 Å². The Morgan fingerprint density at radius 3 is 2.28 bits per heavy atom. The topological polar surface area (TPSA) is 158 Å². The molecule has 1 heterocycles. The molecule has 0 amide bonds. The van der Waals surface area contributed by atoms with E-state index < -0.39 is 45.6 Å². The maximum Gasteiger partial charge on any atom is 0.328 e. The van der Waals surface area contributed by atoms with E-state index in [2.05, 4.69) is 4.58 Å². The molecule has 32 heavy (non-hydrogen) atoms. The molecule has 0 saturated carbocycles. The van der Waals surface area contributed by atoms with E-state index in [1.54, 1.807) is 0 Å². The Kier molecular flexibility index (Phi) is 8.82. The number of rotatable bonds is 13. The Hall–Kier alpha value is -1.14. The zero-order valence-corrected chi connectivity index (χ0v) is 20.7. The number of hydrogen-bond donors (Lipinski definition) is 3. The van der Waals surface area contributed by atoms with Crippen LogP contribution in [-0.2, 0) is 34.7 Å². The van der Waals surface area contributed by atoms with Gasteiger partial charge in [-0.2, -0.15) is 21.4 Å². The zero-order valence-electron chi connectivity index (χ0n) is 18.2. The van der Waals surface area contributed by atoms with Crippen molar-refractivity contribution >= 4 is 39.2 Å². The largest absolute Gasteiger partial charge is 0.328 e. The predicted molar refractivity (Wildman–Crippen MR) is 121 cm³/mol. The van der Waals surface area contributed by atoms with Crippen LogP contribution in [0.25, 0.3) is 0 Å². The molecule has 1 aromatic rings. The third-order valence-electron chi connectivity index (χ3n) is 5.81. The van der Waals surface area contributed by atoms with E-state index in [1.807, 2.05) is 38.1 Å². The van der Waals surface area contributed by atoms with Gasteiger partial charge in [-0.05, 0) is 26.2 Å². The Labute approximate surface area is 189 Å². The van der Waals surface area contributed by atoms with Gasteiger partial charge in [-0.3, -0.25) is 13.7 Å². The monoisotopic (exact) mass is 512 g/mol. The van der Waals surface area contributed by atoms with Crippen LogP contribution < -0.4 is 0 Å². The molecule has 0 radical (unpaired) electrons. The van der Waals surface area contributed by atoms with Crippen LogP contribution in [0.5, 0.6) is 0 Å². The summed E-state index contributed by atoms with van der Waals surface area (Å²) in [5, 5.41) is 0. The van der Waals surface area contributed by atoms with Crippen LogP contribution in [-0.4, -0.2) is 71.9 Å². The first-order chi connectivity index (χ1) is 14.6. The molecule has 10 nitrogen and oxygen atoms in total. The Morgan fingerprint density at radius 2 is 1.66 bits per heavy atom. The standard InChI is InChI=1S/C19H30NO9PS2/c1-16-19(2,10-13-30(21,22)29-12-15-32(26,27)28)17-8-4-5-9-18(17)20(16)11-6-3-7-14-31(23,24)25/h4-5,8-9H,3,6-7,10-15H2,1-2H3,(H2-,21,22,23,24,25,26,27,28)/p+1. The van der Waals surface area contributed by atoms with E-state index >= 15 is 0 Å². The van der Waals surface area contributed by atoms with E-state index in [4.69, 9.17) is 13.6 Å². The van der Waals surface area contributed by atoms with E-state index in [0.717, 1.165) is 17.0 Å². The van der Waals surface area contributed by atoms with Crippen LogP contribution >= 0.6 is 7.60 Å². The van der Waals surface area contributed by atoms with Gasteiger partial charge in [0.05, 0.1) is 29.7 Å². The van der Waals surface area contributed by atoms with Crippen LogP contribution in [0.2, 0.25) is 0 Å². The van der Waals surface area contributed by atoms with E-state index in [-0.39, 0.29) is 18.3 Å². The summed E-state index contributed by atoms with van der Waals surface area (Å²) in [6.45, 7) is 3.97. The average molecular weight is 513 g/mol. The lowest BCUT2D eigenvalue weighted by Crippen LogP contribution is -2.31. The molecule has 182 valence electrons. The van der Waals surface area contributed by atoms with Crippen molar-refractivity contribution < 1.29 is 44.5 Å². The van der Waals surface area contributed by atoms with Gasteiger partial charge >= 0.3 is 7.60 Å². The summed E-state index contributed by atoms with van der Waals surface area (Å²) in [5.74, 6) is -1.03. The van der Waals surface area contributed by atoms with Crippen molar-refractivity contribution in [2.24, 2.45) is 0 Å². The highest BCUT2D eigenvalue weighted by Gasteiger charge is 2.46. The first kappa shape index (κ1) is 27.1. The smallest absolute Gasteiger partial charge is 0.324 e. The van der Waals surface area contributed by atoms with Gasteiger partial charge in [0.25, 0.3) is 20.2 Å². The Morgan fingerprint density at radius 1 is 1.03 bits per heavy atom. The summed E-state index contributed by atoms with van der Waals surface area (Å²) in [7, 11) is -12.3. The minimum Gasteiger partial charge on any atom is -0.324 e. The highest BCUT2D eigenvalue weighted by molar-refractivity contribution is 7.86. The molecule has 1 aliphatic rings. The number of nitrogens with zero attached hydrogens (tertiary/aromatic N) is 1. The number of para-hydroxylation sites is 1. The molecule has 1 aliphatic heterocycles. The van der Waals surface area contributed by atoms with Gasteiger partial charge < -0.3 is 9.42 Å². The average Bonchev–Trinajstić information content (AvgIpc) is 2.87. The van der Waals surface area contributed by atoms with E-state index in [1.165, 1.54) is 0 Å². The highest BCUT2D eigenvalue weighted by Crippen LogP contribution is 2.48. The van der Waals surface area contributed by atoms with Crippen LogP contribution in [0.1, 0.15) is 45.1 Å². The molecular weight excluding hydrogens is 481 g/mol. The van der Waals surface area contributed by atoms with Crippen molar-refractivity contribution in [1.82, 2.24) is 0 Å².